The van der Waals surface area contributed by atoms with Crippen LogP contribution in [0.5, 0.6) is 0 Å². The Morgan fingerprint density at radius 3 is 2.76 bits per heavy atom. The highest BCUT2D eigenvalue weighted by Gasteiger charge is 2.13. The van der Waals surface area contributed by atoms with Crippen LogP contribution in [0.25, 0.3) is 11.3 Å². The first-order chi connectivity index (χ1) is 7.99. The molecular formula is C11H8ClFN2O2. The lowest BCUT2D eigenvalue weighted by Crippen LogP contribution is -1.95. The van der Waals surface area contributed by atoms with E-state index in [1.54, 1.807) is 6.92 Å². The van der Waals surface area contributed by atoms with Crippen LogP contribution in [0.1, 0.15) is 16.1 Å². The number of carboxylic acid groups (broad SMARTS) is 1. The molecule has 1 aromatic carbocycles. The zero-order chi connectivity index (χ0) is 12.6. The topological polar surface area (TPSA) is 66.0 Å². The molecule has 0 saturated heterocycles. The molecule has 2 N–H and O–H groups in total. The Bertz CT molecular complexity index is 595. The lowest BCUT2D eigenvalue weighted by molar-refractivity contribution is 0.0690. The Labute approximate surface area is 101 Å². The van der Waals surface area contributed by atoms with Crippen molar-refractivity contribution < 1.29 is 14.3 Å². The summed E-state index contributed by atoms with van der Waals surface area (Å²) in [6, 6.07) is 3.80. The molecule has 0 aliphatic carbocycles. The van der Waals surface area contributed by atoms with Gasteiger partial charge in [-0.2, -0.15) is 5.10 Å². The number of rotatable bonds is 2. The third kappa shape index (κ3) is 2.14. The SMILES string of the molecule is Cc1c(Cl)cc(F)cc1-c1cc(C(=O)O)[nH]n1. The molecule has 0 bridgehead atoms. The molecule has 1 heterocycles. The molecule has 2 rings (SSSR count). The molecule has 4 nitrogen and oxygen atoms in total. The molecule has 0 aliphatic heterocycles. The van der Waals surface area contributed by atoms with Gasteiger partial charge >= 0.3 is 5.97 Å². The summed E-state index contributed by atoms with van der Waals surface area (Å²) in [6.45, 7) is 1.71. The maximum absolute atomic E-state index is 13.2. The Morgan fingerprint density at radius 1 is 1.47 bits per heavy atom. The number of aromatic amines is 1. The summed E-state index contributed by atoms with van der Waals surface area (Å²) in [5.74, 6) is -1.61. The van der Waals surface area contributed by atoms with Crippen LogP contribution in [0.3, 0.4) is 0 Å². The van der Waals surface area contributed by atoms with E-state index in [0.717, 1.165) is 0 Å². The summed E-state index contributed by atoms with van der Waals surface area (Å²) in [7, 11) is 0. The second-order valence-corrected chi connectivity index (χ2v) is 3.94. The summed E-state index contributed by atoms with van der Waals surface area (Å²) >= 11 is 5.84. The van der Waals surface area contributed by atoms with Crippen LogP contribution in [0, 0.1) is 12.7 Å². The van der Waals surface area contributed by atoms with Crippen LogP contribution >= 0.6 is 11.6 Å². The predicted molar refractivity (Wildman–Crippen MR) is 60.7 cm³/mol. The number of hydrogen-bond acceptors (Lipinski definition) is 2. The highest BCUT2D eigenvalue weighted by atomic mass is 35.5. The van der Waals surface area contributed by atoms with Crippen molar-refractivity contribution in [2.75, 3.05) is 0 Å². The van der Waals surface area contributed by atoms with Gasteiger partial charge in [-0.15, -0.1) is 0 Å². The molecule has 0 atom stereocenters. The Kier molecular flexibility index (Phi) is 2.85. The van der Waals surface area contributed by atoms with Crippen molar-refractivity contribution in [1.82, 2.24) is 10.2 Å². The first kappa shape index (κ1) is 11.6. The molecule has 2 aromatic rings. The largest absolute Gasteiger partial charge is 0.477 e. The van der Waals surface area contributed by atoms with Gasteiger partial charge in [-0.1, -0.05) is 11.6 Å². The van der Waals surface area contributed by atoms with E-state index in [-0.39, 0.29) is 10.7 Å². The fourth-order valence-electron chi connectivity index (χ4n) is 1.48. The zero-order valence-corrected chi connectivity index (χ0v) is 9.55. The lowest BCUT2D eigenvalue weighted by Gasteiger charge is -2.04. The average Bonchev–Trinajstić information content (AvgIpc) is 2.72. The smallest absolute Gasteiger partial charge is 0.353 e. The maximum atomic E-state index is 13.2. The molecule has 0 spiro atoms. The summed E-state index contributed by atoms with van der Waals surface area (Å²) in [6.07, 6.45) is 0. The number of aromatic carboxylic acids is 1. The number of benzene rings is 1. The second-order valence-electron chi connectivity index (χ2n) is 3.53. The molecule has 0 saturated carbocycles. The van der Waals surface area contributed by atoms with E-state index in [1.165, 1.54) is 18.2 Å². The molecule has 1 aromatic heterocycles. The number of carboxylic acids is 1. The van der Waals surface area contributed by atoms with E-state index in [4.69, 9.17) is 16.7 Å². The molecule has 0 amide bonds. The Hall–Kier alpha value is -1.88. The number of carbonyl (C=O) groups is 1. The van der Waals surface area contributed by atoms with E-state index >= 15 is 0 Å². The molecule has 0 aliphatic rings. The monoisotopic (exact) mass is 254 g/mol. The van der Waals surface area contributed by atoms with Crippen molar-refractivity contribution in [3.8, 4) is 11.3 Å². The number of hydrogen-bond donors (Lipinski definition) is 2. The summed E-state index contributed by atoms with van der Waals surface area (Å²) in [5, 5.41) is 15.2. The third-order valence-electron chi connectivity index (χ3n) is 2.39. The van der Waals surface area contributed by atoms with Crippen molar-refractivity contribution >= 4 is 17.6 Å². The number of nitrogens with zero attached hydrogens (tertiary/aromatic N) is 1. The molecular weight excluding hydrogens is 247 g/mol. The van der Waals surface area contributed by atoms with Crippen molar-refractivity contribution in [1.29, 1.82) is 0 Å². The van der Waals surface area contributed by atoms with Crippen LogP contribution in [0.15, 0.2) is 18.2 Å². The average molecular weight is 255 g/mol. The number of H-pyrrole nitrogens is 1. The Balaban J connectivity index is 2.56. The summed E-state index contributed by atoms with van der Waals surface area (Å²) in [5.41, 5.74) is 1.41. The van der Waals surface area contributed by atoms with E-state index in [1.807, 2.05) is 0 Å². The fourth-order valence-corrected chi connectivity index (χ4v) is 1.69. The lowest BCUT2D eigenvalue weighted by atomic mass is 10.1. The van der Waals surface area contributed by atoms with Gasteiger partial charge in [0, 0.05) is 10.6 Å². The van der Waals surface area contributed by atoms with Gasteiger partial charge in [0.05, 0.1) is 5.69 Å². The quantitative estimate of drug-likeness (QED) is 0.866. The minimum Gasteiger partial charge on any atom is -0.477 e. The molecule has 0 fully saturated rings. The van der Waals surface area contributed by atoms with Crippen LogP contribution in [-0.2, 0) is 0 Å². The van der Waals surface area contributed by atoms with Gasteiger partial charge in [0.2, 0.25) is 0 Å². The van der Waals surface area contributed by atoms with Gasteiger partial charge in [-0.3, -0.25) is 5.10 Å². The third-order valence-corrected chi connectivity index (χ3v) is 2.79. The van der Waals surface area contributed by atoms with Gasteiger partial charge in [-0.25, -0.2) is 9.18 Å². The zero-order valence-electron chi connectivity index (χ0n) is 8.79. The van der Waals surface area contributed by atoms with Gasteiger partial charge in [0.15, 0.2) is 0 Å². The fraction of sp³-hybridized carbons (Fsp3) is 0.0909. The highest BCUT2D eigenvalue weighted by molar-refractivity contribution is 6.31. The van der Waals surface area contributed by atoms with Crippen molar-refractivity contribution in [3.05, 3.63) is 40.3 Å². The molecule has 6 heteroatoms. The van der Waals surface area contributed by atoms with Gasteiger partial charge in [0.1, 0.15) is 11.5 Å². The van der Waals surface area contributed by atoms with E-state index in [2.05, 4.69) is 10.2 Å². The normalized spacial score (nSPS) is 10.5. The highest BCUT2D eigenvalue weighted by Crippen LogP contribution is 2.28. The van der Waals surface area contributed by atoms with E-state index in [0.29, 0.717) is 16.8 Å². The van der Waals surface area contributed by atoms with Crippen molar-refractivity contribution in [2.24, 2.45) is 0 Å². The van der Waals surface area contributed by atoms with Crippen LogP contribution in [0.2, 0.25) is 5.02 Å². The minimum atomic E-state index is -1.12. The van der Waals surface area contributed by atoms with Gasteiger partial charge < -0.3 is 5.11 Å². The van der Waals surface area contributed by atoms with Crippen molar-refractivity contribution in [2.45, 2.75) is 6.92 Å². The van der Waals surface area contributed by atoms with Gasteiger partial charge in [0.25, 0.3) is 0 Å². The maximum Gasteiger partial charge on any atom is 0.353 e. The molecule has 0 radical (unpaired) electrons. The van der Waals surface area contributed by atoms with E-state index in [9.17, 15) is 9.18 Å². The van der Waals surface area contributed by atoms with Crippen LogP contribution < -0.4 is 0 Å². The molecule has 17 heavy (non-hydrogen) atoms. The van der Waals surface area contributed by atoms with Crippen LogP contribution in [-0.4, -0.2) is 21.3 Å². The number of aromatic nitrogens is 2. The van der Waals surface area contributed by atoms with E-state index < -0.39 is 11.8 Å². The predicted octanol–water partition coefficient (Wildman–Crippen LogP) is 2.88. The molecule has 0 unspecified atom stereocenters. The van der Waals surface area contributed by atoms with Crippen LogP contribution in [0.4, 0.5) is 4.39 Å². The number of nitrogens with one attached hydrogen (secondary N) is 1. The number of halogens is 2. The van der Waals surface area contributed by atoms with Crippen molar-refractivity contribution in [3.63, 3.8) is 0 Å². The molecule has 88 valence electrons. The summed E-state index contributed by atoms with van der Waals surface area (Å²) in [4.78, 5) is 10.7. The standard InChI is InChI=1S/C11H8ClFN2O2/c1-5-7(2-6(13)3-8(5)12)9-4-10(11(16)17)15-14-9/h2-4H,1H3,(H,14,15)(H,16,17). The van der Waals surface area contributed by atoms with Gasteiger partial charge in [-0.05, 0) is 30.7 Å². The Morgan fingerprint density at radius 2 is 2.18 bits per heavy atom. The first-order valence-electron chi connectivity index (χ1n) is 4.73. The first-order valence-corrected chi connectivity index (χ1v) is 5.11. The summed E-state index contributed by atoms with van der Waals surface area (Å²) < 4.78 is 13.2. The second kappa shape index (κ2) is 4.18. The minimum absolute atomic E-state index is 0.0558.